The first kappa shape index (κ1) is 17.1. The largest absolute Gasteiger partial charge is 0.493 e. The summed E-state index contributed by atoms with van der Waals surface area (Å²) in [6.45, 7) is 4.32. The average molecular weight is 321 g/mol. The fraction of sp³-hybridized carbons (Fsp3) is 0.500. The van der Waals surface area contributed by atoms with Crippen LogP contribution in [-0.4, -0.2) is 55.6 Å². The minimum atomic E-state index is -0.399. The normalized spacial score (nSPS) is 16.0. The molecule has 7 heteroatoms. The molecule has 23 heavy (non-hydrogen) atoms. The summed E-state index contributed by atoms with van der Waals surface area (Å²) in [5.74, 6) is 1.16. The molecule has 0 fully saturated rings. The molecule has 1 aliphatic rings. The van der Waals surface area contributed by atoms with Crippen molar-refractivity contribution in [3.05, 3.63) is 23.3 Å². The summed E-state index contributed by atoms with van der Waals surface area (Å²) in [5.41, 5.74) is 2.40. The summed E-state index contributed by atoms with van der Waals surface area (Å²) >= 11 is 0. The smallest absolute Gasteiger partial charge is 0.266 e. The van der Waals surface area contributed by atoms with Gasteiger partial charge >= 0.3 is 0 Å². The van der Waals surface area contributed by atoms with E-state index in [2.05, 4.69) is 21.4 Å². The fourth-order valence-electron chi connectivity index (χ4n) is 2.97. The maximum atomic E-state index is 11.4. The molecule has 7 nitrogen and oxygen atoms in total. The Hall–Kier alpha value is -2.28. The number of ether oxygens (including phenoxy) is 2. The Kier molecular flexibility index (Phi) is 5.81. The number of nitrogens with one attached hydrogen (secondary N) is 1. The van der Waals surface area contributed by atoms with E-state index in [-0.39, 0.29) is 6.04 Å². The number of carbonyl (C=O) groups excluding carboxylic acids is 1. The molecule has 1 aliphatic heterocycles. The zero-order chi connectivity index (χ0) is 16.8. The molecule has 2 rings (SSSR count). The van der Waals surface area contributed by atoms with Gasteiger partial charge in [-0.2, -0.15) is 0 Å². The van der Waals surface area contributed by atoms with Crippen LogP contribution in [0.25, 0.3) is 0 Å². The lowest BCUT2D eigenvalue weighted by molar-refractivity contribution is -0.115. The van der Waals surface area contributed by atoms with E-state index in [1.165, 1.54) is 11.1 Å². The Balaban J connectivity index is 2.02. The van der Waals surface area contributed by atoms with Crippen LogP contribution in [0.1, 0.15) is 18.1 Å². The van der Waals surface area contributed by atoms with E-state index in [9.17, 15) is 4.79 Å². The van der Waals surface area contributed by atoms with Gasteiger partial charge in [-0.05, 0) is 25.0 Å². The highest BCUT2D eigenvalue weighted by Crippen LogP contribution is 2.36. The second-order valence-electron chi connectivity index (χ2n) is 5.58. The van der Waals surface area contributed by atoms with Gasteiger partial charge in [0.25, 0.3) is 5.91 Å². The van der Waals surface area contributed by atoms with E-state index in [1.54, 1.807) is 14.2 Å². The molecule has 126 valence electrons. The molecule has 0 aliphatic carbocycles. The molecule has 2 N–H and O–H groups in total. The molecular weight excluding hydrogens is 298 g/mol. The number of carbonyl (C=O) groups is 1. The highest BCUT2D eigenvalue weighted by atomic mass is 16.5. The van der Waals surface area contributed by atoms with Crippen LogP contribution in [0.2, 0.25) is 0 Å². The molecule has 1 heterocycles. The maximum absolute atomic E-state index is 11.4. The van der Waals surface area contributed by atoms with E-state index in [0.717, 1.165) is 43.8 Å². The van der Waals surface area contributed by atoms with Crippen molar-refractivity contribution in [2.75, 3.05) is 27.3 Å². The third kappa shape index (κ3) is 4.13. The van der Waals surface area contributed by atoms with Crippen molar-refractivity contribution in [2.24, 2.45) is 5.16 Å². The van der Waals surface area contributed by atoms with E-state index < -0.39 is 5.91 Å². The van der Waals surface area contributed by atoms with Gasteiger partial charge in [-0.1, -0.05) is 11.2 Å². The highest BCUT2D eigenvalue weighted by Gasteiger charge is 2.23. The summed E-state index contributed by atoms with van der Waals surface area (Å²) in [6.07, 6.45) is 1.73. The van der Waals surface area contributed by atoms with Gasteiger partial charge in [0.15, 0.2) is 11.5 Å². The SMILES string of the molecule is COc1ccc2c(c1OC)CCN(C[C@H](C)NC(=O)/C=N\O)C2. The van der Waals surface area contributed by atoms with Crippen LogP contribution in [0.15, 0.2) is 17.3 Å². The van der Waals surface area contributed by atoms with Crippen LogP contribution in [0.5, 0.6) is 11.5 Å². The Labute approximate surface area is 135 Å². The van der Waals surface area contributed by atoms with Crippen molar-refractivity contribution in [1.82, 2.24) is 10.2 Å². The topological polar surface area (TPSA) is 83.4 Å². The van der Waals surface area contributed by atoms with Gasteiger partial charge in [0, 0.05) is 31.2 Å². The quantitative estimate of drug-likeness (QED) is 0.464. The standard InChI is InChI=1S/C16H23N3O4/c1-11(18-15(20)8-17-21)9-19-7-6-13-12(10-19)4-5-14(22-2)16(13)23-3/h4-5,8,11,21H,6-7,9-10H2,1-3H3,(H,18,20)/b17-8-/t11-/m0/s1. The molecule has 1 aromatic rings. The first-order chi connectivity index (χ1) is 11.1. The lowest BCUT2D eigenvalue weighted by Crippen LogP contribution is -2.44. The van der Waals surface area contributed by atoms with E-state index in [4.69, 9.17) is 14.7 Å². The third-order valence-electron chi connectivity index (χ3n) is 3.91. The summed E-state index contributed by atoms with van der Waals surface area (Å²) in [7, 11) is 3.30. The van der Waals surface area contributed by atoms with Crippen LogP contribution < -0.4 is 14.8 Å². The van der Waals surface area contributed by atoms with Gasteiger partial charge < -0.3 is 20.0 Å². The van der Waals surface area contributed by atoms with Crippen molar-refractivity contribution >= 4 is 12.1 Å². The fourth-order valence-corrected chi connectivity index (χ4v) is 2.97. The van der Waals surface area contributed by atoms with Gasteiger partial charge in [0.05, 0.1) is 14.2 Å². The Morgan fingerprint density at radius 2 is 2.26 bits per heavy atom. The van der Waals surface area contributed by atoms with Crippen LogP contribution in [0, 0.1) is 0 Å². The Morgan fingerprint density at radius 1 is 1.48 bits per heavy atom. The van der Waals surface area contributed by atoms with E-state index in [1.807, 2.05) is 13.0 Å². The van der Waals surface area contributed by atoms with Crippen LogP contribution in [0.4, 0.5) is 0 Å². The zero-order valence-corrected chi connectivity index (χ0v) is 13.7. The average Bonchev–Trinajstić information content (AvgIpc) is 2.53. The summed E-state index contributed by atoms with van der Waals surface area (Å²) in [5, 5.41) is 13.8. The van der Waals surface area contributed by atoms with Crippen LogP contribution >= 0.6 is 0 Å². The van der Waals surface area contributed by atoms with Crippen molar-refractivity contribution in [3.63, 3.8) is 0 Å². The second kappa shape index (κ2) is 7.82. The minimum Gasteiger partial charge on any atom is -0.493 e. The van der Waals surface area contributed by atoms with Crippen LogP contribution in [0.3, 0.4) is 0 Å². The highest BCUT2D eigenvalue weighted by molar-refractivity contribution is 6.26. The number of hydrogen-bond acceptors (Lipinski definition) is 6. The molecule has 0 saturated heterocycles. The number of fused-ring (bicyclic) bond motifs is 1. The van der Waals surface area contributed by atoms with Gasteiger partial charge in [0.1, 0.15) is 6.21 Å². The lowest BCUT2D eigenvalue weighted by Gasteiger charge is -2.32. The number of nitrogens with zero attached hydrogens (tertiary/aromatic N) is 2. The number of methoxy groups -OCH3 is 2. The number of hydrogen-bond donors (Lipinski definition) is 2. The number of benzene rings is 1. The molecule has 0 radical (unpaired) electrons. The molecule has 0 unspecified atom stereocenters. The van der Waals surface area contributed by atoms with Crippen LogP contribution in [-0.2, 0) is 17.8 Å². The number of rotatable bonds is 6. The summed E-state index contributed by atoms with van der Waals surface area (Å²) < 4.78 is 10.8. The van der Waals surface area contributed by atoms with Gasteiger partial charge in [0.2, 0.25) is 0 Å². The predicted molar refractivity (Wildman–Crippen MR) is 86.4 cm³/mol. The first-order valence-corrected chi connectivity index (χ1v) is 7.52. The van der Waals surface area contributed by atoms with Crippen molar-refractivity contribution < 1.29 is 19.5 Å². The predicted octanol–water partition coefficient (Wildman–Crippen LogP) is 1.03. The number of oxime groups is 1. The third-order valence-corrected chi connectivity index (χ3v) is 3.91. The second-order valence-corrected chi connectivity index (χ2v) is 5.58. The van der Waals surface area contributed by atoms with Gasteiger partial charge in [-0.25, -0.2) is 0 Å². The lowest BCUT2D eigenvalue weighted by atomic mass is 9.97. The van der Waals surface area contributed by atoms with Crippen molar-refractivity contribution in [1.29, 1.82) is 0 Å². The molecule has 0 saturated carbocycles. The van der Waals surface area contributed by atoms with E-state index in [0.29, 0.717) is 0 Å². The monoisotopic (exact) mass is 321 g/mol. The Morgan fingerprint density at radius 3 is 2.91 bits per heavy atom. The molecular formula is C16H23N3O4. The molecule has 0 aromatic heterocycles. The maximum Gasteiger partial charge on any atom is 0.266 e. The minimum absolute atomic E-state index is 0.0396. The molecule has 0 bridgehead atoms. The summed E-state index contributed by atoms with van der Waals surface area (Å²) in [6, 6.07) is 3.94. The first-order valence-electron chi connectivity index (χ1n) is 7.52. The molecule has 0 spiro atoms. The van der Waals surface area contributed by atoms with Crippen molar-refractivity contribution in [2.45, 2.75) is 25.9 Å². The zero-order valence-electron chi connectivity index (χ0n) is 13.7. The van der Waals surface area contributed by atoms with Crippen molar-refractivity contribution in [3.8, 4) is 11.5 Å². The number of amides is 1. The molecule has 1 atom stereocenters. The van der Waals surface area contributed by atoms with Gasteiger partial charge in [-0.15, -0.1) is 0 Å². The van der Waals surface area contributed by atoms with Gasteiger partial charge in [-0.3, -0.25) is 9.69 Å². The summed E-state index contributed by atoms with van der Waals surface area (Å²) in [4.78, 5) is 13.7. The Bertz CT molecular complexity index is 589. The molecule has 1 amide bonds. The van der Waals surface area contributed by atoms with E-state index >= 15 is 0 Å². The molecule has 1 aromatic carbocycles.